The second kappa shape index (κ2) is 6.39. The molecule has 0 saturated carbocycles. The molecule has 0 aliphatic carbocycles. The molecule has 1 heterocycles. The molecule has 0 radical (unpaired) electrons. The minimum atomic E-state index is -0.279. The summed E-state index contributed by atoms with van der Waals surface area (Å²) in [6.45, 7) is 3.85. The lowest BCUT2D eigenvalue weighted by Gasteiger charge is -2.12. The third-order valence-corrected chi connectivity index (χ3v) is 2.75. The van der Waals surface area contributed by atoms with Gasteiger partial charge in [-0.25, -0.2) is 0 Å². The Kier molecular flexibility index (Phi) is 4.58. The van der Waals surface area contributed by atoms with Crippen molar-refractivity contribution >= 4 is 23.2 Å². The van der Waals surface area contributed by atoms with Gasteiger partial charge in [-0.1, -0.05) is 17.7 Å². The second-order valence-corrected chi connectivity index (χ2v) is 4.89. The highest BCUT2D eigenvalue weighted by atomic mass is 35.5. The van der Waals surface area contributed by atoms with E-state index in [1.54, 1.807) is 42.6 Å². The lowest BCUT2D eigenvalue weighted by molar-refractivity contribution is 0.102. The molecule has 2 aromatic rings. The van der Waals surface area contributed by atoms with E-state index in [0.29, 0.717) is 22.2 Å². The third kappa shape index (κ3) is 3.71. The van der Waals surface area contributed by atoms with Gasteiger partial charge < -0.3 is 10.1 Å². The first kappa shape index (κ1) is 14.3. The number of carbonyl (C=O) groups is 1. The number of aromatic nitrogens is 1. The normalized spacial score (nSPS) is 10.4. The van der Waals surface area contributed by atoms with E-state index in [1.165, 1.54) is 0 Å². The maximum absolute atomic E-state index is 11.9. The average molecular weight is 291 g/mol. The van der Waals surface area contributed by atoms with E-state index in [4.69, 9.17) is 16.3 Å². The van der Waals surface area contributed by atoms with Crippen LogP contribution in [0.15, 0.2) is 42.6 Å². The van der Waals surface area contributed by atoms with Crippen LogP contribution in [-0.4, -0.2) is 17.0 Å². The standard InChI is InChI=1S/C15H15ClN2O2/c1-10(2)20-14-7-6-11(9-12(14)16)18-15(19)13-5-3-4-8-17-13/h3-10H,1-2H3,(H,18,19). The first-order chi connectivity index (χ1) is 9.56. The average Bonchev–Trinajstić information content (AvgIpc) is 2.42. The molecule has 4 nitrogen and oxygen atoms in total. The number of halogens is 1. The minimum absolute atomic E-state index is 0.0430. The van der Waals surface area contributed by atoms with Gasteiger partial charge in [0.25, 0.3) is 5.91 Å². The van der Waals surface area contributed by atoms with E-state index < -0.39 is 0 Å². The number of pyridine rings is 1. The summed E-state index contributed by atoms with van der Waals surface area (Å²) in [6, 6.07) is 10.3. The van der Waals surface area contributed by atoms with Gasteiger partial charge in [0, 0.05) is 11.9 Å². The van der Waals surface area contributed by atoms with Gasteiger partial charge in [0.05, 0.1) is 11.1 Å². The largest absolute Gasteiger partial charge is 0.489 e. The van der Waals surface area contributed by atoms with Gasteiger partial charge in [0.1, 0.15) is 11.4 Å². The van der Waals surface area contributed by atoms with Crippen molar-refractivity contribution in [3.8, 4) is 5.75 Å². The highest BCUT2D eigenvalue weighted by molar-refractivity contribution is 6.32. The van der Waals surface area contributed by atoms with E-state index in [2.05, 4.69) is 10.3 Å². The van der Waals surface area contributed by atoms with Gasteiger partial charge in [-0.3, -0.25) is 9.78 Å². The van der Waals surface area contributed by atoms with Crippen molar-refractivity contribution in [1.29, 1.82) is 0 Å². The summed E-state index contributed by atoms with van der Waals surface area (Å²) in [5.41, 5.74) is 0.952. The Hall–Kier alpha value is -2.07. The lowest BCUT2D eigenvalue weighted by atomic mass is 10.2. The highest BCUT2D eigenvalue weighted by Crippen LogP contribution is 2.28. The fourth-order valence-corrected chi connectivity index (χ4v) is 1.85. The summed E-state index contributed by atoms with van der Waals surface area (Å²) in [5.74, 6) is 0.316. The monoisotopic (exact) mass is 290 g/mol. The van der Waals surface area contributed by atoms with Gasteiger partial charge in [-0.05, 0) is 44.2 Å². The summed E-state index contributed by atoms with van der Waals surface area (Å²) < 4.78 is 5.53. The number of benzene rings is 1. The third-order valence-electron chi connectivity index (χ3n) is 2.45. The van der Waals surface area contributed by atoms with E-state index >= 15 is 0 Å². The molecule has 0 saturated heterocycles. The van der Waals surface area contributed by atoms with Gasteiger partial charge in [0.2, 0.25) is 0 Å². The van der Waals surface area contributed by atoms with Crippen molar-refractivity contribution in [3.05, 3.63) is 53.3 Å². The van der Waals surface area contributed by atoms with Crippen LogP contribution in [0, 0.1) is 0 Å². The van der Waals surface area contributed by atoms with Gasteiger partial charge >= 0.3 is 0 Å². The number of anilines is 1. The van der Waals surface area contributed by atoms with E-state index in [0.717, 1.165) is 0 Å². The van der Waals surface area contributed by atoms with Crippen molar-refractivity contribution in [2.45, 2.75) is 20.0 Å². The first-order valence-corrected chi connectivity index (χ1v) is 6.62. The van der Waals surface area contributed by atoms with Crippen LogP contribution in [0.4, 0.5) is 5.69 Å². The van der Waals surface area contributed by atoms with Crippen molar-refractivity contribution in [2.24, 2.45) is 0 Å². The smallest absolute Gasteiger partial charge is 0.274 e. The quantitative estimate of drug-likeness (QED) is 0.932. The number of nitrogens with one attached hydrogen (secondary N) is 1. The summed E-state index contributed by atoms with van der Waals surface area (Å²) in [5, 5.41) is 3.19. The van der Waals surface area contributed by atoms with E-state index in [-0.39, 0.29) is 12.0 Å². The lowest BCUT2D eigenvalue weighted by Crippen LogP contribution is -2.13. The molecule has 0 aliphatic heterocycles. The van der Waals surface area contributed by atoms with Crippen LogP contribution in [0.5, 0.6) is 5.75 Å². The van der Waals surface area contributed by atoms with Crippen LogP contribution in [0.1, 0.15) is 24.3 Å². The Morgan fingerprint density at radius 1 is 1.30 bits per heavy atom. The Balaban J connectivity index is 2.11. The molecule has 1 aromatic heterocycles. The van der Waals surface area contributed by atoms with Crippen LogP contribution < -0.4 is 10.1 Å². The molecule has 1 N–H and O–H groups in total. The van der Waals surface area contributed by atoms with E-state index in [9.17, 15) is 4.79 Å². The molecule has 0 bridgehead atoms. The Labute approximate surface area is 122 Å². The molecule has 104 valence electrons. The molecule has 5 heteroatoms. The fourth-order valence-electron chi connectivity index (χ4n) is 1.62. The maximum atomic E-state index is 11.9. The molecule has 1 aromatic carbocycles. The summed E-state index contributed by atoms with van der Waals surface area (Å²) in [6.07, 6.45) is 1.61. The second-order valence-electron chi connectivity index (χ2n) is 4.48. The first-order valence-electron chi connectivity index (χ1n) is 6.25. The molecular weight excluding hydrogens is 276 g/mol. The van der Waals surface area contributed by atoms with Crippen LogP contribution in [-0.2, 0) is 0 Å². The predicted octanol–water partition coefficient (Wildman–Crippen LogP) is 3.77. The van der Waals surface area contributed by atoms with Crippen molar-refractivity contribution in [3.63, 3.8) is 0 Å². The molecule has 2 rings (SSSR count). The van der Waals surface area contributed by atoms with Gasteiger partial charge in [-0.2, -0.15) is 0 Å². The SMILES string of the molecule is CC(C)Oc1ccc(NC(=O)c2ccccn2)cc1Cl. The van der Waals surface area contributed by atoms with Crippen molar-refractivity contribution in [1.82, 2.24) is 4.98 Å². The van der Waals surface area contributed by atoms with Crippen LogP contribution >= 0.6 is 11.6 Å². The molecule has 0 atom stereocenters. The van der Waals surface area contributed by atoms with Gasteiger partial charge in [-0.15, -0.1) is 0 Å². The molecule has 0 fully saturated rings. The zero-order valence-electron chi connectivity index (χ0n) is 11.3. The Bertz CT molecular complexity index is 600. The van der Waals surface area contributed by atoms with Gasteiger partial charge in [0.15, 0.2) is 0 Å². The summed E-state index contributed by atoms with van der Waals surface area (Å²) in [7, 11) is 0. The minimum Gasteiger partial charge on any atom is -0.489 e. The molecular formula is C15H15ClN2O2. The number of ether oxygens (including phenoxy) is 1. The number of rotatable bonds is 4. The number of hydrogen-bond acceptors (Lipinski definition) is 3. The van der Waals surface area contributed by atoms with Crippen LogP contribution in [0.3, 0.4) is 0 Å². The van der Waals surface area contributed by atoms with Crippen LogP contribution in [0.25, 0.3) is 0 Å². The molecule has 0 spiro atoms. The molecule has 0 aliphatic rings. The number of carbonyl (C=O) groups excluding carboxylic acids is 1. The van der Waals surface area contributed by atoms with Crippen molar-refractivity contribution < 1.29 is 9.53 Å². The summed E-state index contributed by atoms with van der Waals surface area (Å²) >= 11 is 6.11. The molecule has 20 heavy (non-hydrogen) atoms. The Morgan fingerprint density at radius 2 is 2.10 bits per heavy atom. The number of nitrogens with zero attached hydrogens (tertiary/aromatic N) is 1. The van der Waals surface area contributed by atoms with Crippen molar-refractivity contribution in [2.75, 3.05) is 5.32 Å². The Morgan fingerprint density at radius 3 is 2.70 bits per heavy atom. The zero-order chi connectivity index (χ0) is 14.5. The maximum Gasteiger partial charge on any atom is 0.274 e. The number of hydrogen-bond donors (Lipinski definition) is 1. The summed E-state index contributed by atoms with van der Waals surface area (Å²) in [4.78, 5) is 15.9. The predicted molar refractivity (Wildman–Crippen MR) is 79.4 cm³/mol. The fraction of sp³-hybridized carbons (Fsp3) is 0.200. The van der Waals surface area contributed by atoms with Crippen LogP contribution in [0.2, 0.25) is 5.02 Å². The molecule has 0 unspecified atom stereocenters. The highest BCUT2D eigenvalue weighted by Gasteiger charge is 2.09. The topological polar surface area (TPSA) is 51.2 Å². The number of amides is 1. The zero-order valence-corrected chi connectivity index (χ0v) is 12.0. The van der Waals surface area contributed by atoms with E-state index in [1.807, 2.05) is 13.8 Å². The molecule has 1 amide bonds.